The first-order valence-corrected chi connectivity index (χ1v) is 4.84. The van der Waals surface area contributed by atoms with Crippen molar-refractivity contribution in [3.63, 3.8) is 0 Å². The Morgan fingerprint density at radius 3 is 2.69 bits per heavy atom. The van der Waals surface area contributed by atoms with Gasteiger partial charge < -0.3 is 5.73 Å². The number of nitrogen functional groups attached to an aromatic ring is 1. The van der Waals surface area contributed by atoms with Crippen molar-refractivity contribution in [2.75, 3.05) is 5.73 Å². The lowest BCUT2D eigenvalue weighted by Crippen LogP contribution is -1.98. The van der Waals surface area contributed by atoms with Crippen molar-refractivity contribution in [3.8, 4) is 5.95 Å². The third-order valence-corrected chi connectivity index (χ3v) is 2.34. The second-order valence-electron chi connectivity index (χ2n) is 3.41. The maximum atomic E-state index is 5.75. The number of nitrogens with zero attached hydrogens (tertiary/aromatic N) is 4. The normalized spacial score (nSPS) is 10.8. The summed E-state index contributed by atoms with van der Waals surface area (Å²) in [5, 5.41) is 0. The smallest absolute Gasteiger partial charge is 0.235 e. The molecule has 2 aromatic heterocycles. The van der Waals surface area contributed by atoms with Crippen LogP contribution in [-0.2, 0) is 0 Å². The molecule has 1 aromatic carbocycles. The van der Waals surface area contributed by atoms with Crippen LogP contribution >= 0.6 is 0 Å². The molecule has 0 fully saturated rings. The SMILES string of the molecule is Nc1ccc2ncn(-c3ncccn3)c2c1. The molecule has 0 saturated carbocycles. The molecule has 0 aliphatic heterocycles. The molecule has 78 valence electrons. The lowest BCUT2D eigenvalue weighted by molar-refractivity contribution is 0.948. The van der Waals surface area contributed by atoms with Gasteiger partial charge in [0, 0.05) is 18.1 Å². The fourth-order valence-electron chi connectivity index (χ4n) is 1.60. The molecular weight excluding hydrogens is 202 g/mol. The highest BCUT2D eigenvalue weighted by Crippen LogP contribution is 2.18. The molecule has 3 aromatic rings. The van der Waals surface area contributed by atoms with Crippen LogP contribution in [0.5, 0.6) is 0 Å². The molecule has 0 spiro atoms. The van der Waals surface area contributed by atoms with Crippen LogP contribution in [0.4, 0.5) is 5.69 Å². The summed E-state index contributed by atoms with van der Waals surface area (Å²) < 4.78 is 1.81. The molecule has 0 saturated heterocycles. The van der Waals surface area contributed by atoms with Gasteiger partial charge in [-0.15, -0.1) is 0 Å². The Bertz CT molecular complexity index is 629. The molecular formula is C11H9N5. The third kappa shape index (κ3) is 1.30. The zero-order chi connectivity index (χ0) is 11.0. The summed E-state index contributed by atoms with van der Waals surface area (Å²) in [6.45, 7) is 0. The highest BCUT2D eigenvalue weighted by atomic mass is 15.2. The zero-order valence-corrected chi connectivity index (χ0v) is 8.41. The van der Waals surface area contributed by atoms with E-state index in [-0.39, 0.29) is 0 Å². The zero-order valence-electron chi connectivity index (χ0n) is 8.41. The fraction of sp³-hybridized carbons (Fsp3) is 0. The number of hydrogen-bond donors (Lipinski definition) is 1. The van der Waals surface area contributed by atoms with Gasteiger partial charge in [0.2, 0.25) is 5.95 Å². The maximum Gasteiger partial charge on any atom is 0.235 e. The van der Waals surface area contributed by atoms with Crippen molar-refractivity contribution in [1.82, 2.24) is 19.5 Å². The number of aromatic nitrogens is 4. The van der Waals surface area contributed by atoms with Crippen LogP contribution in [0, 0.1) is 0 Å². The van der Waals surface area contributed by atoms with E-state index in [0.717, 1.165) is 11.0 Å². The van der Waals surface area contributed by atoms with Crippen molar-refractivity contribution in [2.45, 2.75) is 0 Å². The van der Waals surface area contributed by atoms with Crippen LogP contribution in [0.25, 0.3) is 17.0 Å². The Hall–Kier alpha value is -2.43. The molecule has 3 rings (SSSR count). The summed E-state index contributed by atoms with van der Waals surface area (Å²) in [6, 6.07) is 7.34. The van der Waals surface area contributed by atoms with Gasteiger partial charge in [-0.05, 0) is 24.3 Å². The number of imidazole rings is 1. The predicted octanol–water partition coefficient (Wildman–Crippen LogP) is 1.40. The van der Waals surface area contributed by atoms with Crippen molar-refractivity contribution in [3.05, 3.63) is 43.0 Å². The molecule has 2 N–H and O–H groups in total. The molecule has 16 heavy (non-hydrogen) atoms. The molecule has 0 aliphatic carbocycles. The number of benzene rings is 1. The third-order valence-electron chi connectivity index (χ3n) is 2.34. The quantitative estimate of drug-likeness (QED) is 0.617. The van der Waals surface area contributed by atoms with Gasteiger partial charge in [0.05, 0.1) is 11.0 Å². The van der Waals surface area contributed by atoms with E-state index in [1.165, 1.54) is 0 Å². The summed E-state index contributed by atoms with van der Waals surface area (Å²) >= 11 is 0. The van der Waals surface area contributed by atoms with Gasteiger partial charge in [0.25, 0.3) is 0 Å². The number of fused-ring (bicyclic) bond motifs is 1. The van der Waals surface area contributed by atoms with Crippen molar-refractivity contribution < 1.29 is 0 Å². The molecule has 2 heterocycles. The molecule has 0 aliphatic rings. The van der Waals surface area contributed by atoms with Crippen LogP contribution < -0.4 is 5.73 Å². The van der Waals surface area contributed by atoms with Gasteiger partial charge in [-0.1, -0.05) is 0 Å². The average molecular weight is 211 g/mol. The molecule has 5 nitrogen and oxygen atoms in total. The minimum atomic E-state index is 0.593. The van der Waals surface area contributed by atoms with Crippen LogP contribution in [0.2, 0.25) is 0 Å². The summed E-state index contributed by atoms with van der Waals surface area (Å²) in [4.78, 5) is 12.6. The Labute approximate surface area is 91.6 Å². The summed E-state index contributed by atoms with van der Waals surface area (Å²) in [5.74, 6) is 0.593. The standard InChI is InChI=1S/C11H9N5/c12-8-2-3-9-10(6-8)16(7-15-9)11-13-4-1-5-14-11/h1-7H,12H2. The minimum Gasteiger partial charge on any atom is -0.399 e. The van der Waals surface area contributed by atoms with Gasteiger partial charge in [0.15, 0.2) is 0 Å². The Kier molecular flexibility index (Phi) is 1.83. The van der Waals surface area contributed by atoms with E-state index >= 15 is 0 Å². The van der Waals surface area contributed by atoms with Crippen molar-refractivity contribution >= 4 is 16.7 Å². The second kappa shape index (κ2) is 3.30. The molecule has 0 unspecified atom stereocenters. The van der Waals surface area contributed by atoms with Gasteiger partial charge in [-0.3, -0.25) is 4.57 Å². The lowest BCUT2D eigenvalue weighted by atomic mass is 10.3. The van der Waals surface area contributed by atoms with E-state index < -0.39 is 0 Å². The van der Waals surface area contributed by atoms with Crippen LogP contribution in [-0.4, -0.2) is 19.5 Å². The largest absolute Gasteiger partial charge is 0.399 e. The molecule has 5 heteroatoms. The van der Waals surface area contributed by atoms with Gasteiger partial charge in [-0.25, -0.2) is 15.0 Å². The number of rotatable bonds is 1. The van der Waals surface area contributed by atoms with E-state index in [9.17, 15) is 0 Å². The fourth-order valence-corrected chi connectivity index (χ4v) is 1.60. The van der Waals surface area contributed by atoms with Gasteiger partial charge in [0.1, 0.15) is 6.33 Å². The Balaban J connectivity index is 2.29. The molecule has 0 amide bonds. The van der Waals surface area contributed by atoms with E-state index in [1.54, 1.807) is 24.8 Å². The highest BCUT2D eigenvalue weighted by molar-refractivity contribution is 5.80. The van der Waals surface area contributed by atoms with Crippen molar-refractivity contribution in [2.24, 2.45) is 0 Å². The Morgan fingerprint density at radius 1 is 1.06 bits per heavy atom. The van der Waals surface area contributed by atoms with E-state index in [2.05, 4.69) is 15.0 Å². The minimum absolute atomic E-state index is 0.593. The number of anilines is 1. The molecule has 0 radical (unpaired) electrons. The summed E-state index contributed by atoms with van der Waals surface area (Å²) in [5.41, 5.74) is 8.23. The monoisotopic (exact) mass is 211 g/mol. The van der Waals surface area contributed by atoms with Gasteiger partial charge in [-0.2, -0.15) is 0 Å². The first-order chi connectivity index (χ1) is 7.84. The average Bonchev–Trinajstić information content (AvgIpc) is 2.73. The van der Waals surface area contributed by atoms with E-state index in [4.69, 9.17) is 5.73 Å². The topological polar surface area (TPSA) is 69.6 Å². The Morgan fingerprint density at radius 2 is 1.88 bits per heavy atom. The highest BCUT2D eigenvalue weighted by Gasteiger charge is 2.05. The number of hydrogen-bond acceptors (Lipinski definition) is 4. The lowest BCUT2D eigenvalue weighted by Gasteiger charge is -2.01. The van der Waals surface area contributed by atoms with Crippen LogP contribution in [0.15, 0.2) is 43.0 Å². The van der Waals surface area contributed by atoms with Crippen LogP contribution in [0.1, 0.15) is 0 Å². The van der Waals surface area contributed by atoms with E-state index in [1.807, 2.05) is 22.8 Å². The first kappa shape index (κ1) is 8.84. The molecule has 0 atom stereocenters. The van der Waals surface area contributed by atoms with Gasteiger partial charge >= 0.3 is 0 Å². The predicted molar refractivity (Wildman–Crippen MR) is 61.1 cm³/mol. The first-order valence-electron chi connectivity index (χ1n) is 4.84. The van der Waals surface area contributed by atoms with Crippen molar-refractivity contribution in [1.29, 1.82) is 0 Å². The number of nitrogens with two attached hydrogens (primary N) is 1. The maximum absolute atomic E-state index is 5.75. The second-order valence-corrected chi connectivity index (χ2v) is 3.41. The van der Waals surface area contributed by atoms with E-state index in [0.29, 0.717) is 11.6 Å². The molecule has 0 bridgehead atoms. The summed E-state index contributed by atoms with van der Waals surface area (Å²) in [7, 11) is 0. The van der Waals surface area contributed by atoms with Crippen LogP contribution in [0.3, 0.4) is 0 Å². The summed E-state index contributed by atoms with van der Waals surface area (Å²) in [6.07, 6.45) is 5.08.